The van der Waals surface area contributed by atoms with Gasteiger partial charge >= 0.3 is 11.9 Å². The smallest absolute Gasteiger partial charge is 0.346 e. The van der Waals surface area contributed by atoms with E-state index in [0.29, 0.717) is 37.5 Å². The lowest BCUT2D eigenvalue weighted by molar-refractivity contribution is -0.148. The number of amides is 1. The second kappa shape index (κ2) is 13.8. The van der Waals surface area contributed by atoms with E-state index in [0.717, 1.165) is 17.1 Å². The number of hydrazone groups is 1. The Kier molecular flexibility index (Phi) is 10.1. The Morgan fingerprint density at radius 2 is 1.71 bits per heavy atom. The maximum absolute atomic E-state index is 12.6. The van der Waals surface area contributed by atoms with Gasteiger partial charge in [0, 0.05) is 27.1 Å². The lowest BCUT2D eigenvalue weighted by atomic mass is 10.2. The number of halogens is 2. The molecule has 220 valence electrons. The molecule has 0 unspecified atom stereocenters. The standard InChI is InChI=1S/C30H29Br2N3O7/c1-17-6-7-18(2)35(17)21-8-10-22(11-9-21)40-16-23-12-13-24(42-23)29(36)34-33-15-20-14-25(38-4)28(27(32)26(20)31)41-19(3)30(37)39-5/h6-15,19H,16H2,1-5H3,(H,34,36)/b33-15+/t19-/m0/s1. The van der Waals surface area contributed by atoms with E-state index in [2.05, 4.69) is 72.9 Å². The van der Waals surface area contributed by atoms with Gasteiger partial charge in [-0.1, -0.05) is 0 Å². The highest BCUT2D eigenvalue weighted by atomic mass is 79.9. The lowest BCUT2D eigenvalue weighted by Gasteiger charge is -2.18. The lowest BCUT2D eigenvalue weighted by Crippen LogP contribution is -2.25. The van der Waals surface area contributed by atoms with Crippen LogP contribution in [0.4, 0.5) is 0 Å². The van der Waals surface area contributed by atoms with E-state index in [1.54, 1.807) is 25.1 Å². The number of furan rings is 1. The van der Waals surface area contributed by atoms with Crippen molar-refractivity contribution in [3.05, 3.63) is 92.0 Å². The van der Waals surface area contributed by atoms with Gasteiger partial charge in [0.2, 0.25) is 0 Å². The Hall–Kier alpha value is -4.03. The molecule has 2 heterocycles. The molecule has 0 fully saturated rings. The van der Waals surface area contributed by atoms with E-state index in [-0.39, 0.29) is 12.4 Å². The molecular formula is C30H29Br2N3O7. The summed E-state index contributed by atoms with van der Waals surface area (Å²) >= 11 is 6.93. The number of nitrogens with one attached hydrogen (secondary N) is 1. The van der Waals surface area contributed by atoms with Crippen molar-refractivity contribution >= 4 is 50.0 Å². The number of rotatable bonds is 11. The van der Waals surface area contributed by atoms with Crippen molar-refractivity contribution in [2.75, 3.05) is 14.2 Å². The summed E-state index contributed by atoms with van der Waals surface area (Å²) in [5.41, 5.74) is 6.37. The molecule has 0 saturated carbocycles. The minimum absolute atomic E-state index is 0.0815. The quantitative estimate of drug-likeness (QED) is 0.108. The Bertz CT molecular complexity index is 1590. The van der Waals surface area contributed by atoms with Gasteiger partial charge in [-0.3, -0.25) is 4.79 Å². The fourth-order valence-electron chi connectivity index (χ4n) is 4.07. The molecule has 1 N–H and O–H groups in total. The molecule has 2 aromatic heterocycles. The molecule has 0 radical (unpaired) electrons. The largest absolute Gasteiger partial charge is 0.493 e. The number of nitrogens with zero attached hydrogens (tertiary/aromatic N) is 2. The zero-order chi connectivity index (χ0) is 30.4. The minimum Gasteiger partial charge on any atom is -0.493 e. The summed E-state index contributed by atoms with van der Waals surface area (Å²) in [6.45, 7) is 5.84. The molecule has 0 spiro atoms. The van der Waals surface area contributed by atoms with E-state index in [9.17, 15) is 9.59 Å². The molecule has 4 rings (SSSR count). The van der Waals surface area contributed by atoms with Gasteiger partial charge in [-0.05, 0) is 107 Å². The molecule has 0 aliphatic carbocycles. The van der Waals surface area contributed by atoms with Crippen molar-refractivity contribution in [1.29, 1.82) is 0 Å². The third-order valence-electron chi connectivity index (χ3n) is 6.21. The van der Waals surface area contributed by atoms with Crippen molar-refractivity contribution in [3.8, 4) is 22.9 Å². The van der Waals surface area contributed by atoms with Crippen molar-refractivity contribution in [1.82, 2.24) is 9.99 Å². The summed E-state index contributed by atoms with van der Waals surface area (Å²) in [7, 11) is 2.74. The normalized spacial score (nSPS) is 11.8. The van der Waals surface area contributed by atoms with Crippen LogP contribution in [0.5, 0.6) is 17.2 Å². The first-order valence-electron chi connectivity index (χ1n) is 12.7. The zero-order valence-electron chi connectivity index (χ0n) is 23.6. The number of esters is 1. The van der Waals surface area contributed by atoms with Crippen molar-refractivity contribution in [3.63, 3.8) is 0 Å². The maximum atomic E-state index is 12.6. The molecule has 0 aliphatic rings. The molecule has 4 aromatic rings. The number of aryl methyl sites for hydroxylation is 2. The van der Waals surface area contributed by atoms with E-state index in [1.165, 1.54) is 20.4 Å². The Morgan fingerprint density at radius 3 is 2.36 bits per heavy atom. The Labute approximate surface area is 259 Å². The molecule has 0 saturated heterocycles. The average Bonchev–Trinajstić information content (AvgIpc) is 3.61. The first kappa shape index (κ1) is 30.9. The first-order valence-corrected chi connectivity index (χ1v) is 14.3. The molecule has 2 aromatic carbocycles. The van der Waals surface area contributed by atoms with Crippen LogP contribution in [0.3, 0.4) is 0 Å². The van der Waals surface area contributed by atoms with E-state index in [1.807, 2.05) is 24.3 Å². The van der Waals surface area contributed by atoms with Gasteiger partial charge in [0.1, 0.15) is 18.1 Å². The van der Waals surface area contributed by atoms with Crippen LogP contribution in [-0.2, 0) is 16.1 Å². The number of benzene rings is 2. The van der Waals surface area contributed by atoms with Crippen LogP contribution >= 0.6 is 31.9 Å². The summed E-state index contributed by atoms with van der Waals surface area (Å²) in [6.07, 6.45) is 0.564. The predicted octanol–water partition coefficient (Wildman–Crippen LogP) is 6.50. The average molecular weight is 703 g/mol. The maximum Gasteiger partial charge on any atom is 0.346 e. The molecular weight excluding hydrogens is 674 g/mol. The van der Waals surface area contributed by atoms with Crippen molar-refractivity contribution in [2.24, 2.45) is 5.10 Å². The van der Waals surface area contributed by atoms with Gasteiger partial charge in [-0.2, -0.15) is 5.10 Å². The van der Waals surface area contributed by atoms with Crippen LogP contribution in [0.1, 0.15) is 40.2 Å². The van der Waals surface area contributed by atoms with Gasteiger partial charge in [0.25, 0.3) is 0 Å². The van der Waals surface area contributed by atoms with Crippen LogP contribution in [0.15, 0.2) is 73.1 Å². The minimum atomic E-state index is -0.862. The molecule has 12 heteroatoms. The summed E-state index contributed by atoms with van der Waals surface area (Å²) in [5, 5.41) is 4.03. The summed E-state index contributed by atoms with van der Waals surface area (Å²) in [5.74, 6) is 0.819. The van der Waals surface area contributed by atoms with Crippen molar-refractivity contribution < 1.29 is 33.0 Å². The Morgan fingerprint density at radius 1 is 1.02 bits per heavy atom. The molecule has 1 amide bonds. The van der Waals surface area contributed by atoms with E-state index >= 15 is 0 Å². The molecule has 1 atom stereocenters. The predicted molar refractivity (Wildman–Crippen MR) is 164 cm³/mol. The third-order valence-corrected chi connectivity index (χ3v) is 8.35. The second-order valence-electron chi connectivity index (χ2n) is 9.11. The number of hydrogen-bond donors (Lipinski definition) is 1. The molecule has 0 bridgehead atoms. The summed E-state index contributed by atoms with van der Waals surface area (Å²) < 4.78 is 30.5. The first-order chi connectivity index (χ1) is 20.1. The SMILES string of the molecule is COC(=O)[C@H](C)Oc1c(OC)cc(/C=N/NC(=O)c2ccc(COc3ccc(-n4c(C)ccc4C)cc3)o2)c(Br)c1Br. The second-order valence-corrected chi connectivity index (χ2v) is 10.7. The highest BCUT2D eigenvalue weighted by Crippen LogP contribution is 2.42. The highest BCUT2D eigenvalue weighted by Gasteiger charge is 2.22. The topological polar surface area (TPSA) is 114 Å². The van der Waals surface area contributed by atoms with Crippen LogP contribution in [-0.4, -0.2) is 43.0 Å². The zero-order valence-corrected chi connectivity index (χ0v) is 26.7. The van der Waals surface area contributed by atoms with Crippen LogP contribution < -0.4 is 19.6 Å². The highest BCUT2D eigenvalue weighted by molar-refractivity contribution is 9.13. The van der Waals surface area contributed by atoms with Gasteiger partial charge in [-0.15, -0.1) is 0 Å². The van der Waals surface area contributed by atoms with Gasteiger partial charge in [0.05, 0.1) is 24.9 Å². The number of aromatic nitrogens is 1. The number of carbonyl (C=O) groups is 2. The molecule has 10 nitrogen and oxygen atoms in total. The molecule has 42 heavy (non-hydrogen) atoms. The third kappa shape index (κ3) is 7.05. The fraction of sp³-hybridized carbons (Fsp3) is 0.233. The van der Waals surface area contributed by atoms with Crippen LogP contribution in [0.25, 0.3) is 5.69 Å². The molecule has 0 aliphatic heterocycles. The monoisotopic (exact) mass is 701 g/mol. The number of carbonyl (C=O) groups excluding carboxylic acids is 2. The van der Waals surface area contributed by atoms with E-state index < -0.39 is 18.0 Å². The summed E-state index contributed by atoms with van der Waals surface area (Å²) in [6, 6.07) is 16.8. The Balaban J connectivity index is 1.35. The van der Waals surface area contributed by atoms with Gasteiger partial charge < -0.3 is 27.9 Å². The van der Waals surface area contributed by atoms with Crippen LogP contribution in [0, 0.1) is 13.8 Å². The number of methoxy groups -OCH3 is 2. The fourth-order valence-corrected chi connectivity index (χ4v) is 4.98. The van der Waals surface area contributed by atoms with E-state index in [4.69, 9.17) is 23.4 Å². The number of ether oxygens (including phenoxy) is 4. The number of hydrogen-bond acceptors (Lipinski definition) is 8. The van der Waals surface area contributed by atoms with Gasteiger partial charge in [0.15, 0.2) is 23.4 Å². The van der Waals surface area contributed by atoms with Crippen LogP contribution in [0.2, 0.25) is 0 Å². The van der Waals surface area contributed by atoms with Crippen molar-refractivity contribution in [2.45, 2.75) is 33.5 Å². The van der Waals surface area contributed by atoms with Gasteiger partial charge in [-0.25, -0.2) is 10.2 Å². The summed E-state index contributed by atoms with van der Waals surface area (Å²) in [4.78, 5) is 24.4.